The first-order valence-electron chi connectivity index (χ1n) is 21.8. The number of benzene rings is 10. The SMILES string of the molecule is CC1(C)c2ccccc2-c2ccc(N(c3ccc4c(c3)C(C)(C)c3ccccc3-4)c3ccc4oc5ccccc5c4c3-c3ccc4c5ccccc5c5ccccc5c4c3)cc21. The first kappa shape index (κ1) is 35.3. The van der Waals surface area contributed by atoms with Gasteiger partial charge >= 0.3 is 0 Å². The second-order valence-corrected chi connectivity index (χ2v) is 18.4. The molecule has 0 radical (unpaired) electrons. The van der Waals surface area contributed by atoms with E-state index in [0.29, 0.717) is 0 Å². The van der Waals surface area contributed by atoms with Crippen molar-refractivity contribution in [2.75, 3.05) is 4.90 Å². The fourth-order valence-electron chi connectivity index (χ4n) is 11.4. The van der Waals surface area contributed by atoms with E-state index in [0.717, 1.165) is 50.1 Å². The molecule has 0 unspecified atom stereocenters. The molecule has 0 saturated heterocycles. The Bertz CT molecular complexity index is 3570. The molecule has 1 heterocycles. The number of rotatable bonds is 4. The summed E-state index contributed by atoms with van der Waals surface area (Å²) in [7, 11) is 0. The van der Waals surface area contributed by atoms with Gasteiger partial charge in [-0.25, -0.2) is 0 Å². The van der Waals surface area contributed by atoms with Crippen LogP contribution < -0.4 is 4.90 Å². The van der Waals surface area contributed by atoms with E-state index >= 15 is 0 Å². The van der Waals surface area contributed by atoms with Crippen molar-refractivity contribution in [1.29, 1.82) is 0 Å². The molecule has 2 heteroatoms. The van der Waals surface area contributed by atoms with Crippen LogP contribution in [0, 0.1) is 0 Å². The third kappa shape index (κ3) is 4.75. The van der Waals surface area contributed by atoms with E-state index in [1.807, 2.05) is 0 Å². The Morgan fingerprint density at radius 1 is 0.355 bits per heavy atom. The number of nitrogens with zero attached hydrogens (tertiary/aromatic N) is 1. The minimum Gasteiger partial charge on any atom is -0.456 e. The van der Waals surface area contributed by atoms with Crippen LogP contribution in [0.1, 0.15) is 49.9 Å². The van der Waals surface area contributed by atoms with Crippen molar-refractivity contribution in [3.05, 3.63) is 210 Å². The topological polar surface area (TPSA) is 16.4 Å². The summed E-state index contributed by atoms with van der Waals surface area (Å²) in [6.07, 6.45) is 0. The van der Waals surface area contributed by atoms with E-state index in [1.54, 1.807) is 0 Å². The second-order valence-electron chi connectivity index (χ2n) is 18.4. The maximum absolute atomic E-state index is 6.70. The van der Waals surface area contributed by atoms with Gasteiger partial charge in [0.15, 0.2) is 0 Å². The highest BCUT2D eigenvalue weighted by Crippen LogP contribution is 2.55. The van der Waals surface area contributed by atoms with Crippen molar-refractivity contribution in [1.82, 2.24) is 0 Å². The standard InChI is InChI=1S/C60H43NO/c1-59(2)50-22-12-9-19-44(50)46-29-26-37(34-52(46)59)61(38-27-30-47-45-20-10-13-23-51(45)60(3,4)53(47)35-38)54-31-32-56-58(48-21-11-14-24-55(48)62-56)57(54)36-25-28-43-41-17-6-5-15-39(41)40-16-7-8-18-42(40)49(43)33-36/h5-35H,1-4H3. The summed E-state index contributed by atoms with van der Waals surface area (Å²) >= 11 is 0. The van der Waals surface area contributed by atoms with Gasteiger partial charge in [0.1, 0.15) is 11.2 Å². The monoisotopic (exact) mass is 793 g/mol. The molecule has 0 fully saturated rings. The molecule has 62 heavy (non-hydrogen) atoms. The summed E-state index contributed by atoms with van der Waals surface area (Å²) in [4.78, 5) is 2.53. The average molecular weight is 794 g/mol. The minimum absolute atomic E-state index is 0.162. The Morgan fingerprint density at radius 2 is 0.823 bits per heavy atom. The summed E-state index contributed by atoms with van der Waals surface area (Å²) in [5, 5.41) is 9.80. The largest absolute Gasteiger partial charge is 0.456 e. The molecule has 0 saturated carbocycles. The van der Waals surface area contributed by atoms with Gasteiger partial charge < -0.3 is 9.32 Å². The molecule has 0 spiro atoms. The first-order chi connectivity index (χ1) is 30.3. The van der Waals surface area contributed by atoms with Gasteiger partial charge in [-0.2, -0.15) is 0 Å². The maximum atomic E-state index is 6.70. The van der Waals surface area contributed by atoms with Gasteiger partial charge in [-0.1, -0.05) is 167 Å². The fraction of sp³-hybridized carbons (Fsp3) is 0.100. The summed E-state index contributed by atoms with van der Waals surface area (Å²) in [5.74, 6) is 0. The van der Waals surface area contributed by atoms with E-state index in [9.17, 15) is 0 Å². The lowest BCUT2D eigenvalue weighted by atomic mass is 9.82. The lowest BCUT2D eigenvalue weighted by molar-refractivity contribution is 0.660. The second kappa shape index (κ2) is 12.6. The van der Waals surface area contributed by atoms with Gasteiger partial charge in [-0.3, -0.25) is 0 Å². The Balaban J connectivity index is 1.13. The summed E-state index contributed by atoms with van der Waals surface area (Å²) in [6, 6.07) is 70.0. The molecule has 2 aliphatic rings. The number of hydrogen-bond acceptors (Lipinski definition) is 2. The van der Waals surface area contributed by atoms with Crippen LogP contribution in [-0.2, 0) is 10.8 Å². The Morgan fingerprint density at radius 3 is 1.40 bits per heavy atom. The van der Waals surface area contributed by atoms with E-state index in [1.165, 1.54) is 76.8 Å². The first-order valence-corrected chi connectivity index (χ1v) is 21.8. The predicted molar refractivity (Wildman–Crippen MR) is 261 cm³/mol. The van der Waals surface area contributed by atoms with Gasteiger partial charge in [-0.05, 0) is 131 Å². The van der Waals surface area contributed by atoms with Crippen molar-refractivity contribution >= 4 is 71.3 Å². The molecule has 2 aliphatic carbocycles. The molecule has 294 valence electrons. The lowest BCUT2D eigenvalue weighted by Crippen LogP contribution is -2.18. The van der Waals surface area contributed by atoms with E-state index in [-0.39, 0.29) is 10.8 Å². The third-order valence-corrected chi connectivity index (χ3v) is 14.4. The molecule has 11 aromatic rings. The molecule has 10 aromatic carbocycles. The normalized spacial score (nSPS) is 14.4. The average Bonchev–Trinajstić information content (AvgIpc) is 3.88. The van der Waals surface area contributed by atoms with Crippen LogP contribution in [0.25, 0.3) is 87.6 Å². The molecule has 0 atom stereocenters. The zero-order valence-electron chi connectivity index (χ0n) is 35.3. The van der Waals surface area contributed by atoms with Crippen LogP contribution in [0.3, 0.4) is 0 Å². The molecule has 13 rings (SSSR count). The van der Waals surface area contributed by atoms with Crippen LogP contribution in [0.15, 0.2) is 192 Å². The Hall–Kier alpha value is -7.42. The van der Waals surface area contributed by atoms with Gasteiger partial charge in [0.2, 0.25) is 0 Å². The molecule has 1 aromatic heterocycles. The van der Waals surface area contributed by atoms with E-state index < -0.39 is 0 Å². The Labute approximate surface area is 361 Å². The highest BCUT2D eigenvalue weighted by Gasteiger charge is 2.38. The van der Waals surface area contributed by atoms with Crippen molar-refractivity contribution in [2.24, 2.45) is 0 Å². The van der Waals surface area contributed by atoms with Crippen LogP contribution in [0.2, 0.25) is 0 Å². The van der Waals surface area contributed by atoms with Crippen LogP contribution in [0.5, 0.6) is 0 Å². The van der Waals surface area contributed by atoms with E-state index in [4.69, 9.17) is 4.42 Å². The molecule has 0 aliphatic heterocycles. The number of furan rings is 1. The fourth-order valence-corrected chi connectivity index (χ4v) is 11.4. The molecule has 0 amide bonds. The van der Waals surface area contributed by atoms with Crippen molar-refractivity contribution < 1.29 is 4.42 Å². The smallest absolute Gasteiger partial charge is 0.136 e. The van der Waals surface area contributed by atoms with E-state index in [2.05, 4.69) is 221 Å². The molecule has 2 nitrogen and oxygen atoms in total. The van der Waals surface area contributed by atoms with Gasteiger partial charge in [-0.15, -0.1) is 0 Å². The van der Waals surface area contributed by atoms with Crippen LogP contribution in [-0.4, -0.2) is 0 Å². The van der Waals surface area contributed by atoms with Gasteiger partial charge in [0.25, 0.3) is 0 Å². The number of fused-ring (bicyclic) bond motifs is 15. The number of para-hydroxylation sites is 1. The quantitative estimate of drug-likeness (QED) is 0.165. The number of anilines is 3. The zero-order valence-corrected chi connectivity index (χ0v) is 35.3. The van der Waals surface area contributed by atoms with Gasteiger partial charge in [0.05, 0.1) is 5.69 Å². The van der Waals surface area contributed by atoms with Crippen molar-refractivity contribution in [3.8, 4) is 33.4 Å². The molecular weight excluding hydrogens is 751 g/mol. The summed E-state index contributed by atoms with van der Waals surface area (Å²) in [6.45, 7) is 9.50. The molecular formula is C60H43NO. The highest BCUT2D eigenvalue weighted by molar-refractivity contribution is 6.26. The van der Waals surface area contributed by atoms with Gasteiger partial charge in [0, 0.05) is 38.5 Å². The lowest BCUT2D eigenvalue weighted by Gasteiger charge is -2.31. The summed E-state index contributed by atoms with van der Waals surface area (Å²) in [5.41, 5.74) is 17.8. The number of hydrogen-bond donors (Lipinski definition) is 0. The van der Waals surface area contributed by atoms with Crippen LogP contribution in [0.4, 0.5) is 17.1 Å². The maximum Gasteiger partial charge on any atom is 0.136 e. The Kier molecular flexibility index (Phi) is 7.16. The highest BCUT2D eigenvalue weighted by atomic mass is 16.3. The molecule has 0 N–H and O–H groups in total. The van der Waals surface area contributed by atoms with Crippen LogP contribution >= 0.6 is 0 Å². The van der Waals surface area contributed by atoms with Crippen molar-refractivity contribution in [3.63, 3.8) is 0 Å². The summed E-state index contributed by atoms with van der Waals surface area (Å²) < 4.78 is 6.70. The third-order valence-electron chi connectivity index (χ3n) is 14.4. The minimum atomic E-state index is -0.162. The zero-order chi connectivity index (χ0) is 41.5. The predicted octanol–water partition coefficient (Wildman–Crippen LogP) is 16.8. The van der Waals surface area contributed by atoms with Crippen molar-refractivity contribution in [2.45, 2.75) is 38.5 Å². The molecule has 0 bridgehead atoms.